The van der Waals surface area contributed by atoms with E-state index in [2.05, 4.69) is 15.5 Å². The second-order valence-corrected chi connectivity index (χ2v) is 4.96. The molecule has 0 radical (unpaired) electrons. The van der Waals surface area contributed by atoms with Gasteiger partial charge in [-0.15, -0.1) is 10.2 Å². The first-order valence-corrected chi connectivity index (χ1v) is 6.72. The fourth-order valence-corrected chi connectivity index (χ4v) is 2.17. The first-order chi connectivity index (χ1) is 8.74. The first-order valence-electron chi connectivity index (χ1n) is 6.34. The van der Waals surface area contributed by atoms with Crippen LogP contribution in [0, 0.1) is 0 Å². The normalized spacial score (nSPS) is 23.9. The van der Waals surface area contributed by atoms with Crippen LogP contribution < -0.4 is 11.1 Å². The lowest BCUT2D eigenvalue weighted by atomic mass is 9.94. The van der Waals surface area contributed by atoms with Gasteiger partial charge < -0.3 is 15.8 Å². The van der Waals surface area contributed by atoms with Gasteiger partial charge in [-0.3, -0.25) is 0 Å². The molecule has 0 saturated heterocycles. The van der Waals surface area contributed by atoms with Gasteiger partial charge in [0.05, 0.1) is 12.7 Å². The molecule has 5 nitrogen and oxygen atoms in total. The van der Waals surface area contributed by atoms with Crippen LogP contribution in [0.25, 0.3) is 0 Å². The second kappa shape index (κ2) is 6.87. The van der Waals surface area contributed by atoms with Crippen LogP contribution in [-0.4, -0.2) is 35.5 Å². The summed E-state index contributed by atoms with van der Waals surface area (Å²) in [4.78, 5) is 0. The van der Waals surface area contributed by atoms with E-state index in [1.54, 1.807) is 12.1 Å². The molecule has 100 valence electrons. The third kappa shape index (κ3) is 4.40. The van der Waals surface area contributed by atoms with Crippen molar-refractivity contribution in [3.05, 3.63) is 17.3 Å². The Kier molecular flexibility index (Phi) is 5.16. The van der Waals surface area contributed by atoms with Gasteiger partial charge >= 0.3 is 0 Å². The molecule has 3 N–H and O–H groups in total. The highest BCUT2D eigenvalue weighted by Gasteiger charge is 2.18. The topological polar surface area (TPSA) is 73.1 Å². The summed E-state index contributed by atoms with van der Waals surface area (Å²) >= 11 is 5.65. The number of aromatic nitrogens is 2. The van der Waals surface area contributed by atoms with Gasteiger partial charge in [0, 0.05) is 12.6 Å². The summed E-state index contributed by atoms with van der Waals surface area (Å²) in [6.45, 7) is 1.39. The number of rotatable bonds is 5. The molecule has 0 bridgehead atoms. The summed E-state index contributed by atoms with van der Waals surface area (Å²) < 4.78 is 5.78. The van der Waals surface area contributed by atoms with E-state index in [1.807, 2.05) is 0 Å². The van der Waals surface area contributed by atoms with E-state index < -0.39 is 0 Å². The van der Waals surface area contributed by atoms with Crippen molar-refractivity contribution in [2.24, 2.45) is 5.73 Å². The van der Waals surface area contributed by atoms with Gasteiger partial charge in [-0.2, -0.15) is 0 Å². The van der Waals surface area contributed by atoms with Crippen LogP contribution in [0.4, 0.5) is 5.82 Å². The molecule has 2 rings (SSSR count). The summed E-state index contributed by atoms with van der Waals surface area (Å²) in [5.74, 6) is 0.716. The molecule has 0 spiro atoms. The maximum Gasteiger partial charge on any atom is 0.151 e. The molecule has 1 heterocycles. The van der Waals surface area contributed by atoms with Gasteiger partial charge in [0.15, 0.2) is 5.15 Å². The number of nitrogens with one attached hydrogen (secondary N) is 1. The lowest BCUT2D eigenvalue weighted by Crippen LogP contribution is -2.31. The van der Waals surface area contributed by atoms with Crippen molar-refractivity contribution in [3.8, 4) is 0 Å². The Morgan fingerprint density at radius 1 is 1.28 bits per heavy atom. The monoisotopic (exact) mass is 270 g/mol. The van der Waals surface area contributed by atoms with Crippen LogP contribution in [0.15, 0.2) is 12.1 Å². The molecule has 0 unspecified atom stereocenters. The number of nitrogens with two attached hydrogens (primary N) is 1. The number of nitrogens with zero attached hydrogens (tertiary/aromatic N) is 2. The minimum Gasteiger partial charge on any atom is -0.376 e. The van der Waals surface area contributed by atoms with Crippen molar-refractivity contribution in [3.63, 3.8) is 0 Å². The van der Waals surface area contributed by atoms with Gasteiger partial charge in [0.25, 0.3) is 0 Å². The summed E-state index contributed by atoms with van der Waals surface area (Å²) in [5.41, 5.74) is 5.85. The fourth-order valence-electron chi connectivity index (χ4n) is 2.07. The Bertz CT molecular complexity index is 352. The second-order valence-electron chi connectivity index (χ2n) is 4.58. The summed E-state index contributed by atoms with van der Waals surface area (Å²) in [5, 5.41) is 11.2. The van der Waals surface area contributed by atoms with Crippen molar-refractivity contribution in [2.75, 3.05) is 18.5 Å². The molecule has 1 aromatic rings. The average molecular weight is 271 g/mol. The van der Waals surface area contributed by atoms with E-state index >= 15 is 0 Å². The molecule has 1 aliphatic rings. The molecule has 0 aliphatic heterocycles. The van der Waals surface area contributed by atoms with Crippen molar-refractivity contribution in [2.45, 2.75) is 37.8 Å². The highest BCUT2D eigenvalue weighted by atomic mass is 35.5. The third-order valence-corrected chi connectivity index (χ3v) is 3.31. The number of ether oxygens (including phenoxy) is 1. The van der Waals surface area contributed by atoms with E-state index in [0.29, 0.717) is 29.7 Å². The SMILES string of the molecule is NC1CCC(OCCNc2ccc(Cl)nn2)CC1. The summed E-state index contributed by atoms with van der Waals surface area (Å²) in [6, 6.07) is 3.88. The van der Waals surface area contributed by atoms with Gasteiger partial charge in [0.1, 0.15) is 5.82 Å². The molecule has 1 saturated carbocycles. The number of hydrogen-bond donors (Lipinski definition) is 2. The molecule has 6 heteroatoms. The zero-order valence-electron chi connectivity index (χ0n) is 10.3. The quantitative estimate of drug-likeness (QED) is 0.799. The number of halogens is 1. The zero-order chi connectivity index (χ0) is 12.8. The highest BCUT2D eigenvalue weighted by molar-refractivity contribution is 6.29. The molecule has 0 aromatic carbocycles. The van der Waals surface area contributed by atoms with Crippen LogP contribution in [-0.2, 0) is 4.74 Å². The molecule has 1 fully saturated rings. The summed E-state index contributed by atoms with van der Waals surface area (Å²) in [7, 11) is 0. The van der Waals surface area contributed by atoms with Gasteiger partial charge in [-0.1, -0.05) is 11.6 Å². The van der Waals surface area contributed by atoms with Gasteiger partial charge in [0.2, 0.25) is 0 Å². The number of hydrogen-bond acceptors (Lipinski definition) is 5. The van der Waals surface area contributed by atoms with Crippen molar-refractivity contribution >= 4 is 17.4 Å². The van der Waals surface area contributed by atoms with Gasteiger partial charge in [-0.25, -0.2) is 0 Å². The maximum atomic E-state index is 5.85. The van der Waals surface area contributed by atoms with E-state index in [0.717, 1.165) is 32.2 Å². The highest BCUT2D eigenvalue weighted by Crippen LogP contribution is 2.19. The predicted molar refractivity (Wildman–Crippen MR) is 71.7 cm³/mol. The van der Waals surface area contributed by atoms with E-state index in [-0.39, 0.29) is 0 Å². The van der Waals surface area contributed by atoms with Crippen LogP contribution in [0.2, 0.25) is 5.15 Å². The standard InChI is InChI=1S/C12H19ClN4O/c13-11-5-6-12(17-16-11)15-7-8-18-10-3-1-9(14)2-4-10/h5-6,9-10H,1-4,7-8,14H2,(H,15,17). The van der Waals surface area contributed by atoms with Crippen LogP contribution >= 0.6 is 11.6 Å². The minimum atomic E-state index is 0.364. The minimum absolute atomic E-state index is 0.364. The fraction of sp³-hybridized carbons (Fsp3) is 0.667. The molecule has 1 aliphatic carbocycles. The Morgan fingerprint density at radius 2 is 2.06 bits per heavy atom. The zero-order valence-corrected chi connectivity index (χ0v) is 11.1. The lowest BCUT2D eigenvalue weighted by Gasteiger charge is -2.26. The van der Waals surface area contributed by atoms with E-state index in [4.69, 9.17) is 22.1 Å². The molecule has 18 heavy (non-hydrogen) atoms. The van der Waals surface area contributed by atoms with Crippen molar-refractivity contribution in [1.82, 2.24) is 10.2 Å². The Morgan fingerprint density at radius 3 is 2.72 bits per heavy atom. The summed E-state index contributed by atoms with van der Waals surface area (Å²) in [6.07, 6.45) is 4.65. The Labute approximate surface area is 112 Å². The molecule has 0 amide bonds. The molecular formula is C12H19ClN4O. The lowest BCUT2D eigenvalue weighted by molar-refractivity contribution is 0.0313. The molecule has 1 aromatic heterocycles. The average Bonchev–Trinajstić information content (AvgIpc) is 2.39. The first kappa shape index (κ1) is 13.5. The largest absolute Gasteiger partial charge is 0.376 e. The predicted octanol–water partition coefficient (Wildman–Crippen LogP) is 1.83. The van der Waals surface area contributed by atoms with Crippen LogP contribution in [0.3, 0.4) is 0 Å². The van der Waals surface area contributed by atoms with Crippen molar-refractivity contribution in [1.29, 1.82) is 0 Å². The van der Waals surface area contributed by atoms with Gasteiger partial charge in [-0.05, 0) is 37.8 Å². The Balaban J connectivity index is 1.60. The Hall–Kier alpha value is -0.910. The van der Waals surface area contributed by atoms with E-state index in [9.17, 15) is 0 Å². The van der Waals surface area contributed by atoms with Crippen LogP contribution in [0.1, 0.15) is 25.7 Å². The molecule has 0 atom stereocenters. The third-order valence-electron chi connectivity index (χ3n) is 3.11. The van der Waals surface area contributed by atoms with E-state index in [1.165, 1.54) is 0 Å². The smallest absolute Gasteiger partial charge is 0.151 e. The van der Waals surface area contributed by atoms with Crippen LogP contribution in [0.5, 0.6) is 0 Å². The molecular weight excluding hydrogens is 252 g/mol. The number of anilines is 1. The van der Waals surface area contributed by atoms with Crippen molar-refractivity contribution < 1.29 is 4.74 Å². The maximum absolute atomic E-state index is 5.85.